The first-order valence-corrected chi connectivity index (χ1v) is 12.2. The second-order valence-electron chi connectivity index (χ2n) is 9.14. The van der Waals surface area contributed by atoms with Gasteiger partial charge < -0.3 is 14.4 Å². The molecule has 32 heavy (non-hydrogen) atoms. The summed E-state index contributed by atoms with van der Waals surface area (Å²) in [5, 5.41) is 0. The summed E-state index contributed by atoms with van der Waals surface area (Å²) in [6.45, 7) is 2.66. The van der Waals surface area contributed by atoms with Crippen LogP contribution in [0.3, 0.4) is 0 Å². The number of hydrogen-bond acceptors (Lipinski definition) is 6. The Morgan fingerprint density at radius 3 is 2.59 bits per heavy atom. The molecule has 6 rings (SSSR count). The van der Waals surface area contributed by atoms with Gasteiger partial charge in [-0.15, -0.1) is 11.3 Å². The normalized spacial score (nSPS) is 27.8. The average Bonchev–Trinajstić information content (AvgIpc) is 3.45. The minimum Gasteiger partial charge on any atom is -0.490 e. The SMILES string of the molecule is CC1OCC=C1c1cc2ncn(-c3ccc(O[C@H]4C[C@H]5CC[C@@H](C4)N5C)cc3)c(=O)c2s1. The zero-order valence-electron chi connectivity index (χ0n) is 18.4. The van der Waals surface area contributed by atoms with Crippen molar-refractivity contribution in [3.8, 4) is 11.4 Å². The smallest absolute Gasteiger partial charge is 0.275 e. The molecule has 0 radical (unpaired) electrons. The number of nitrogens with zero attached hydrogens (tertiary/aromatic N) is 3. The molecule has 2 bridgehead atoms. The van der Waals surface area contributed by atoms with E-state index in [0.717, 1.165) is 40.2 Å². The van der Waals surface area contributed by atoms with Crippen LogP contribution >= 0.6 is 11.3 Å². The summed E-state index contributed by atoms with van der Waals surface area (Å²) in [4.78, 5) is 21.3. The van der Waals surface area contributed by atoms with Gasteiger partial charge in [-0.3, -0.25) is 9.36 Å². The second kappa shape index (κ2) is 7.83. The van der Waals surface area contributed by atoms with Gasteiger partial charge in [-0.1, -0.05) is 6.08 Å². The van der Waals surface area contributed by atoms with E-state index in [0.29, 0.717) is 23.4 Å². The van der Waals surface area contributed by atoms with Crippen LogP contribution in [0.25, 0.3) is 21.5 Å². The number of ether oxygens (including phenoxy) is 2. The van der Waals surface area contributed by atoms with E-state index >= 15 is 0 Å². The zero-order chi connectivity index (χ0) is 21.8. The van der Waals surface area contributed by atoms with Gasteiger partial charge >= 0.3 is 0 Å². The summed E-state index contributed by atoms with van der Waals surface area (Å²) in [5.41, 5.74) is 2.64. The fourth-order valence-electron chi connectivity index (χ4n) is 5.41. The lowest BCUT2D eigenvalue weighted by Gasteiger charge is -2.36. The van der Waals surface area contributed by atoms with Crippen LogP contribution in [0.1, 0.15) is 37.5 Å². The van der Waals surface area contributed by atoms with E-state index in [1.807, 2.05) is 37.3 Å². The highest BCUT2D eigenvalue weighted by molar-refractivity contribution is 7.19. The molecule has 166 valence electrons. The quantitative estimate of drug-likeness (QED) is 0.596. The average molecular weight is 450 g/mol. The lowest BCUT2D eigenvalue weighted by Crippen LogP contribution is -2.43. The molecule has 2 fully saturated rings. The van der Waals surface area contributed by atoms with Gasteiger partial charge in [0.2, 0.25) is 0 Å². The molecule has 4 atom stereocenters. The summed E-state index contributed by atoms with van der Waals surface area (Å²) >= 11 is 1.49. The van der Waals surface area contributed by atoms with Crippen molar-refractivity contribution in [3.63, 3.8) is 0 Å². The van der Waals surface area contributed by atoms with Crippen LogP contribution in [-0.4, -0.2) is 52.4 Å². The van der Waals surface area contributed by atoms with Crippen LogP contribution in [-0.2, 0) is 4.74 Å². The molecule has 3 aromatic rings. The number of hydrogen-bond donors (Lipinski definition) is 0. The molecule has 3 aliphatic heterocycles. The third kappa shape index (κ3) is 3.39. The lowest BCUT2D eigenvalue weighted by molar-refractivity contribution is 0.0662. The van der Waals surface area contributed by atoms with Crippen molar-refractivity contribution in [2.24, 2.45) is 0 Å². The number of thiophene rings is 1. The van der Waals surface area contributed by atoms with Crippen molar-refractivity contribution in [2.75, 3.05) is 13.7 Å². The Hall–Kier alpha value is -2.48. The van der Waals surface area contributed by atoms with Crippen LogP contribution in [0.15, 0.2) is 47.5 Å². The predicted octanol–water partition coefficient (Wildman–Crippen LogP) is 4.25. The second-order valence-corrected chi connectivity index (χ2v) is 10.2. The van der Waals surface area contributed by atoms with Crippen molar-refractivity contribution in [3.05, 3.63) is 58.0 Å². The number of fused-ring (bicyclic) bond motifs is 3. The molecule has 0 aliphatic carbocycles. The molecule has 0 spiro atoms. The molecule has 0 amide bonds. The molecule has 1 unspecified atom stereocenters. The monoisotopic (exact) mass is 449 g/mol. The Balaban J connectivity index is 1.23. The van der Waals surface area contributed by atoms with Gasteiger partial charge in [-0.2, -0.15) is 0 Å². The Kier molecular flexibility index (Phi) is 4.93. The Bertz CT molecular complexity index is 1230. The number of aromatic nitrogens is 2. The minimum absolute atomic E-state index is 0.0426. The number of rotatable bonds is 4. The molecule has 2 aromatic heterocycles. The maximum absolute atomic E-state index is 13.2. The highest BCUT2D eigenvalue weighted by atomic mass is 32.1. The summed E-state index contributed by atoms with van der Waals surface area (Å²) in [7, 11) is 2.24. The van der Waals surface area contributed by atoms with Crippen molar-refractivity contribution in [2.45, 2.75) is 56.9 Å². The van der Waals surface area contributed by atoms with E-state index in [2.05, 4.69) is 23.0 Å². The Labute approximate surface area is 191 Å². The maximum atomic E-state index is 13.2. The van der Waals surface area contributed by atoms with Crippen molar-refractivity contribution in [1.29, 1.82) is 0 Å². The maximum Gasteiger partial charge on any atom is 0.275 e. The van der Waals surface area contributed by atoms with Crippen LogP contribution in [0, 0.1) is 0 Å². The van der Waals surface area contributed by atoms with Gasteiger partial charge in [0.15, 0.2) is 0 Å². The fourth-order valence-corrected chi connectivity index (χ4v) is 6.57. The van der Waals surface area contributed by atoms with Crippen LogP contribution in [0.4, 0.5) is 0 Å². The molecule has 2 saturated heterocycles. The van der Waals surface area contributed by atoms with Crippen molar-refractivity contribution in [1.82, 2.24) is 14.5 Å². The van der Waals surface area contributed by atoms with Gasteiger partial charge in [-0.25, -0.2) is 4.98 Å². The van der Waals surface area contributed by atoms with Crippen LogP contribution in [0.5, 0.6) is 5.75 Å². The molecule has 5 heterocycles. The predicted molar refractivity (Wildman–Crippen MR) is 127 cm³/mol. The highest BCUT2D eigenvalue weighted by Crippen LogP contribution is 2.36. The summed E-state index contributed by atoms with van der Waals surface area (Å²) in [6.07, 6.45) is 8.79. The molecular formula is C25H27N3O3S. The van der Waals surface area contributed by atoms with Gasteiger partial charge in [-0.05, 0) is 75.6 Å². The van der Waals surface area contributed by atoms with E-state index in [-0.39, 0.29) is 17.8 Å². The van der Waals surface area contributed by atoms with Crippen molar-refractivity contribution < 1.29 is 9.47 Å². The van der Waals surface area contributed by atoms with E-state index < -0.39 is 0 Å². The first-order valence-electron chi connectivity index (χ1n) is 11.4. The largest absolute Gasteiger partial charge is 0.490 e. The zero-order valence-corrected chi connectivity index (χ0v) is 19.2. The van der Waals surface area contributed by atoms with Gasteiger partial charge in [0.1, 0.15) is 22.9 Å². The number of piperidine rings is 1. The van der Waals surface area contributed by atoms with E-state index in [9.17, 15) is 4.79 Å². The first kappa shape index (κ1) is 20.1. The van der Waals surface area contributed by atoms with Crippen molar-refractivity contribution >= 4 is 27.1 Å². The lowest BCUT2D eigenvalue weighted by atomic mass is 10.0. The fraction of sp³-hybridized carbons (Fsp3) is 0.440. The van der Waals surface area contributed by atoms with Crippen LogP contribution in [0.2, 0.25) is 0 Å². The first-order chi connectivity index (χ1) is 15.6. The Morgan fingerprint density at radius 2 is 1.91 bits per heavy atom. The molecule has 7 heteroatoms. The molecule has 3 aliphatic rings. The van der Waals surface area contributed by atoms with E-state index in [1.54, 1.807) is 10.9 Å². The van der Waals surface area contributed by atoms with Gasteiger partial charge in [0, 0.05) is 17.0 Å². The standard InChI is InChI=1S/C25H27N3O3S/c1-15-21(9-10-30-15)23-13-22-24(32-23)25(29)28(14-26-22)16-5-7-19(8-6-16)31-20-11-17-3-4-18(12-20)27(17)2/h5-9,13-15,17-18,20H,3-4,10-12H2,1-2H3/t15?,17-,18+,20+. The summed E-state index contributed by atoms with van der Waals surface area (Å²) in [5.74, 6) is 0.866. The molecule has 1 aromatic carbocycles. The van der Waals surface area contributed by atoms with Gasteiger partial charge in [0.05, 0.1) is 23.9 Å². The molecule has 0 N–H and O–H groups in total. The van der Waals surface area contributed by atoms with Gasteiger partial charge in [0.25, 0.3) is 5.56 Å². The van der Waals surface area contributed by atoms with E-state index in [4.69, 9.17) is 9.47 Å². The molecule has 0 saturated carbocycles. The topological polar surface area (TPSA) is 56.6 Å². The summed E-state index contributed by atoms with van der Waals surface area (Å²) < 4.78 is 14.2. The Morgan fingerprint density at radius 1 is 1.16 bits per heavy atom. The van der Waals surface area contributed by atoms with Crippen LogP contribution < -0.4 is 10.3 Å². The molecule has 6 nitrogen and oxygen atoms in total. The summed E-state index contributed by atoms with van der Waals surface area (Å²) in [6, 6.07) is 11.1. The van der Waals surface area contributed by atoms with E-state index in [1.165, 1.54) is 24.2 Å². The third-order valence-corrected chi connectivity index (χ3v) is 8.44. The number of benzene rings is 1. The molecular weight excluding hydrogens is 422 g/mol. The third-order valence-electron chi connectivity index (χ3n) is 7.28. The highest BCUT2D eigenvalue weighted by Gasteiger charge is 2.39. The minimum atomic E-state index is -0.0426.